The highest BCUT2D eigenvalue weighted by molar-refractivity contribution is 7.89. The predicted molar refractivity (Wildman–Crippen MR) is 83.9 cm³/mol. The third kappa shape index (κ3) is 3.83. The number of hydrogen-bond donors (Lipinski definition) is 1. The number of hydrazine groups is 1. The van der Waals surface area contributed by atoms with E-state index in [0.29, 0.717) is 5.56 Å². The number of benzene rings is 1. The number of rotatable bonds is 4. The van der Waals surface area contributed by atoms with E-state index in [0.717, 1.165) is 30.5 Å². The molecule has 0 aromatic heterocycles. The summed E-state index contributed by atoms with van der Waals surface area (Å²) in [5, 5.41) is 1.86. The second-order valence-electron chi connectivity index (χ2n) is 5.55. The van der Waals surface area contributed by atoms with E-state index < -0.39 is 10.0 Å². The first kappa shape index (κ1) is 16.9. The Bertz CT molecular complexity index is 637. The van der Waals surface area contributed by atoms with Crippen LogP contribution in [0.4, 0.5) is 0 Å². The number of piperazine rings is 1. The summed E-state index contributed by atoms with van der Waals surface area (Å²) < 4.78 is 25.4. The Hall–Kier alpha value is -1.48. The first-order chi connectivity index (χ1) is 10.3. The molecular formula is C14H22N4O3S. The van der Waals surface area contributed by atoms with Crippen LogP contribution in [0.3, 0.4) is 0 Å². The van der Waals surface area contributed by atoms with Gasteiger partial charge >= 0.3 is 0 Å². The van der Waals surface area contributed by atoms with Crippen LogP contribution < -0.4 is 5.43 Å². The van der Waals surface area contributed by atoms with Crippen LogP contribution in [-0.4, -0.2) is 75.9 Å². The molecule has 7 nitrogen and oxygen atoms in total. The topological polar surface area (TPSA) is 73.0 Å². The van der Waals surface area contributed by atoms with Gasteiger partial charge in [0.1, 0.15) is 0 Å². The molecule has 22 heavy (non-hydrogen) atoms. The fourth-order valence-electron chi connectivity index (χ4n) is 2.14. The van der Waals surface area contributed by atoms with Crippen molar-refractivity contribution in [1.82, 2.24) is 19.6 Å². The molecule has 1 aliphatic heterocycles. The van der Waals surface area contributed by atoms with E-state index in [1.807, 2.05) is 12.1 Å². The second-order valence-corrected chi connectivity index (χ2v) is 7.70. The van der Waals surface area contributed by atoms with Crippen molar-refractivity contribution >= 4 is 15.9 Å². The molecule has 0 radical (unpaired) electrons. The van der Waals surface area contributed by atoms with Crippen molar-refractivity contribution in [2.24, 2.45) is 0 Å². The van der Waals surface area contributed by atoms with Crippen molar-refractivity contribution in [3.63, 3.8) is 0 Å². The zero-order valence-electron chi connectivity index (χ0n) is 13.1. The number of hydrogen-bond acceptors (Lipinski definition) is 5. The van der Waals surface area contributed by atoms with Gasteiger partial charge in [-0.1, -0.05) is 6.07 Å². The number of nitrogens with zero attached hydrogens (tertiary/aromatic N) is 3. The van der Waals surface area contributed by atoms with Gasteiger partial charge < -0.3 is 4.90 Å². The molecule has 1 amide bonds. The first-order valence-electron chi connectivity index (χ1n) is 7.08. The molecule has 8 heteroatoms. The maximum absolute atomic E-state index is 12.3. The maximum atomic E-state index is 12.3. The van der Waals surface area contributed by atoms with Crippen LogP contribution in [0, 0.1) is 0 Å². The molecule has 2 rings (SSSR count). The van der Waals surface area contributed by atoms with Gasteiger partial charge in [-0.15, -0.1) is 0 Å². The van der Waals surface area contributed by atoms with Gasteiger partial charge in [-0.2, -0.15) is 0 Å². The average molecular weight is 326 g/mol. The van der Waals surface area contributed by atoms with E-state index in [1.165, 1.54) is 26.2 Å². The number of carbonyl (C=O) groups is 1. The summed E-state index contributed by atoms with van der Waals surface area (Å²) in [5.41, 5.74) is 3.16. The van der Waals surface area contributed by atoms with Crippen molar-refractivity contribution in [3.05, 3.63) is 29.8 Å². The lowest BCUT2D eigenvalue weighted by molar-refractivity contribution is 0.0662. The minimum atomic E-state index is -3.54. The molecule has 1 aliphatic rings. The van der Waals surface area contributed by atoms with E-state index in [2.05, 4.69) is 10.3 Å². The van der Waals surface area contributed by atoms with Crippen LogP contribution in [0.2, 0.25) is 0 Å². The molecule has 0 atom stereocenters. The molecular weight excluding hydrogens is 304 g/mol. The lowest BCUT2D eigenvalue weighted by Crippen LogP contribution is -2.52. The van der Waals surface area contributed by atoms with Crippen LogP contribution in [0.15, 0.2) is 29.2 Å². The van der Waals surface area contributed by atoms with Gasteiger partial charge in [0.25, 0.3) is 5.91 Å². The summed E-state index contributed by atoms with van der Waals surface area (Å²) in [6.45, 7) is 3.26. The van der Waals surface area contributed by atoms with Gasteiger partial charge in [0.15, 0.2) is 0 Å². The molecule has 1 aromatic rings. The van der Waals surface area contributed by atoms with Crippen LogP contribution in [0.1, 0.15) is 10.4 Å². The van der Waals surface area contributed by atoms with E-state index in [-0.39, 0.29) is 10.8 Å². The van der Waals surface area contributed by atoms with Crippen molar-refractivity contribution in [1.29, 1.82) is 0 Å². The van der Waals surface area contributed by atoms with Gasteiger partial charge in [0, 0.05) is 45.8 Å². The predicted octanol–water partition coefficient (Wildman–Crippen LogP) is -0.171. The number of nitrogens with one attached hydrogen (secondary N) is 1. The molecule has 0 saturated carbocycles. The summed E-state index contributed by atoms with van der Waals surface area (Å²) in [4.78, 5) is 14.6. The van der Waals surface area contributed by atoms with Gasteiger partial charge in [-0.3, -0.25) is 10.2 Å². The highest BCUT2D eigenvalue weighted by Gasteiger charge is 2.20. The Morgan fingerprint density at radius 2 is 1.82 bits per heavy atom. The highest BCUT2D eigenvalue weighted by Crippen LogP contribution is 2.15. The standard InChI is InChI=1S/C14H22N4O3S/c1-16(2)22(20,21)13-6-4-5-12(11-13)14(19)15-18-9-7-17(3)8-10-18/h4-6,11H,7-10H2,1-3H3,(H,15,19). The van der Waals surface area contributed by atoms with Crippen molar-refractivity contribution in [2.45, 2.75) is 4.90 Å². The molecule has 1 aromatic carbocycles. The smallest absolute Gasteiger partial charge is 0.265 e. The molecule has 1 fully saturated rings. The molecule has 0 unspecified atom stereocenters. The van der Waals surface area contributed by atoms with Crippen LogP contribution >= 0.6 is 0 Å². The number of amides is 1. The molecule has 1 heterocycles. The molecule has 122 valence electrons. The van der Waals surface area contributed by atoms with Gasteiger partial charge in [-0.05, 0) is 25.2 Å². The summed E-state index contributed by atoms with van der Waals surface area (Å²) >= 11 is 0. The average Bonchev–Trinajstić information content (AvgIpc) is 2.49. The lowest BCUT2D eigenvalue weighted by Gasteiger charge is -2.32. The minimum Gasteiger partial charge on any atom is -0.304 e. The minimum absolute atomic E-state index is 0.114. The largest absolute Gasteiger partial charge is 0.304 e. The Balaban J connectivity index is 2.11. The third-order valence-corrected chi connectivity index (χ3v) is 5.45. The zero-order valence-corrected chi connectivity index (χ0v) is 13.9. The normalized spacial score (nSPS) is 17.6. The number of sulfonamides is 1. The molecule has 0 aliphatic carbocycles. The summed E-state index contributed by atoms with van der Waals surface area (Å²) in [7, 11) is 1.43. The quantitative estimate of drug-likeness (QED) is 0.832. The van der Waals surface area contributed by atoms with Crippen LogP contribution in [0.5, 0.6) is 0 Å². The molecule has 1 N–H and O–H groups in total. The number of carbonyl (C=O) groups excluding carboxylic acids is 1. The Kier molecular flexibility index (Phi) is 5.17. The van der Waals surface area contributed by atoms with E-state index in [1.54, 1.807) is 12.1 Å². The lowest BCUT2D eigenvalue weighted by atomic mass is 10.2. The van der Waals surface area contributed by atoms with Gasteiger partial charge in [-0.25, -0.2) is 17.7 Å². The second kappa shape index (κ2) is 6.74. The van der Waals surface area contributed by atoms with Crippen LogP contribution in [0.25, 0.3) is 0 Å². The fraction of sp³-hybridized carbons (Fsp3) is 0.500. The summed E-state index contributed by atoms with van der Waals surface area (Å²) in [6.07, 6.45) is 0. The van der Waals surface area contributed by atoms with Gasteiger partial charge in [0.05, 0.1) is 4.90 Å². The summed E-state index contributed by atoms with van der Waals surface area (Å²) in [6, 6.07) is 6.08. The number of likely N-dealkylation sites (N-methyl/N-ethyl adjacent to an activating group) is 1. The third-order valence-electron chi connectivity index (χ3n) is 3.64. The zero-order chi connectivity index (χ0) is 16.3. The Morgan fingerprint density at radius 3 is 2.41 bits per heavy atom. The van der Waals surface area contributed by atoms with E-state index >= 15 is 0 Å². The Morgan fingerprint density at radius 1 is 1.18 bits per heavy atom. The van der Waals surface area contributed by atoms with Crippen molar-refractivity contribution < 1.29 is 13.2 Å². The van der Waals surface area contributed by atoms with Gasteiger partial charge in [0.2, 0.25) is 10.0 Å². The van der Waals surface area contributed by atoms with E-state index in [4.69, 9.17) is 0 Å². The molecule has 0 spiro atoms. The van der Waals surface area contributed by atoms with Crippen molar-refractivity contribution in [2.75, 3.05) is 47.3 Å². The van der Waals surface area contributed by atoms with Crippen molar-refractivity contribution in [3.8, 4) is 0 Å². The first-order valence-corrected chi connectivity index (χ1v) is 8.52. The fourth-order valence-corrected chi connectivity index (χ4v) is 3.08. The summed E-state index contributed by atoms with van der Waals surface area (Å²) in [5.74, 6) is -0.291. The molecule has 1 saturated heterocycles. The SMILES string of the molecule is CN1CCN(NC(=O)c2cccc(S(=O)(=O)N(C)C)c2)CC1. The van der Waals surface area contributed by atoms with E-state index in [9.17, 15) is 13.2 Å². The monoisotopic (exact) mass is 326 g/mol. The highest BCUT2D eigenvalue weighted by atomic mass is 32.2. The maximum Gasteiger partial charge on any atom is 0.265 e. The van der Waals surface area contributed by atoms with Crippen LogP contribution in [-0.2, 0) is 10.0 Å². The Labute approximate surface area is 131 Å². The molecule has 0 bridgehead atoms.